The third-order valence-electron chi connectivity index (χ3n) is 6.29. The zero-order chi connectivity index (χ0) is 24.0. The number of ether oxygens (including phenoxy) is 1. The number of rotatable bonds is 7. The molecule has 0 amide bonds. The standard InChI is InChI=1S/C22H26BrFN6O3S/c1-14-11-28(7-8-30(14)34(2,31)32)13-16-9-17(24)10-25-22(16)33-19-6-5-18-21(20(19)23)26-27-29(18)12-15-3-4-15/h5-6,9-10,14-15H,3-4,7-8,11-13H2,1-2H3/t14-/m1/s1. The molecule has 1 saturated heterocycles. The summed E-state index contributed by atoms with van der Waals surface area (Å²) in [6.45, 7) is 4.57. The molecule has 0 N–H and O–H groups in total. The zero-order valence-corrected chi connectivity index (χ0v) is 21.4. The Bertz CT molecular complexity index is 1330. The molecule has 3 aromatic rings. The van der Waals surface area contributed by atoms with Gasteiger partial charge in [-0.1, -0.05) is 5.21 Å². The molecular weight excluding hydrogens is 527 g/mol. The highest BCUT2D eigenvalue weighted by Crippen LogP contribution is 2.37. The molecule has 12 heteroatoms. The summed E-state index contributed by atoms with van der Waals surface area (Å²) in [4.78, 5) is 6.27. The maximum Gasteiger partial charge on any atom is 0.223 e. The van der Waals surface area contributed by atoms with E-state index < -0.39 is 15.8 Å². The quantitative estimate of drug-likeness (QED) is 0.443. The fraction of sp³-hybridized carbons (Fsp3) is 0.500. The molecule has 3 heterocycles. The second-order valence-corrected chi connectivity index (χ2v) is 11.9. The zero-order valence-electron chi connectivity index (χ0n) is 19.0. The second-order valence-electron chi connectivity index (χ2n) is 9.14. The average molecular weight is 553 g/mol. The van der Waals surface area contributed by atoms with Gasteiger partial charge >= 0.3 is 0 Å². The number of hydrogen-bond donors (Lipinski definition) is 0. The van der Waals surface area contributed by atoms with Crippen LogP contribution in [0.15, 0.2) is 28.9 Å². The third-order valence-corrected chi connectivity index (χ3v) is 8.45. The lowest BCUT2D eigenvalue weighted by molar-refractivity contribution is 0.137. The van der Waals surface area contributed by atoms with Crippen LogP contribution < -0.4 is 4.74 Å². The van der Waals surface area contributed by atoms with Gasteiger partial charge in [0.25, 0.3) is 0 Å². The van der Waals surface area contributed by atoms with Crippen molar-refractivity contribution in [1.29, 1.82) is 0 Å². The predicted molar refractivity (Wildman–Crippen MR) is 129 cm³/mol. The largest absolute Gasteiger partial charge is 0.437 e. The van der Waals surface area contributed by atoms with E-state index in [1.165, 1.54) is 29.5 Å². The van der Waals surface area contributed by atoms with E-state index in [-0.39, 0.29) is 6.04 Å². The summed E-state index contributed by atoms with van der Waals surface area (Å²) in [7, 11) is -3.26. The van der Waals surface area contributed by atoms with Crippen molar-refractivity contribution in [3.05, 3.63) is 40.2 Å². The van der Waals surface area contributed by atoms with E-state index in [1.54, 1.807) is 0 Å². The van der Waals surface area contributed by atoms with Crippen LogP contribution in [0.3, 0.4) is 0 Å². The molecule has 0 bridgehead atoms. The van der Waals surface area contributed by atoms with E-state index >= 15 is 0 Å². The van der Waals surface area contributed by atoms with E-state index in [0.29, 0.717) is 59.3 Å². The summed E-state index contributed by atoms with van der Waals surface area (Å²) < 4.78 is 48.2. The number of piperazine rings is 1. The maximum atomic E-state index is 14.1. The van der Waals surface area contributed by atoms with E-state index in [4.69, 9.17) is 4.74 Å². The van der Waals surface area contributed by atoms with Gasteiger partial charge in [0, 0.05) is 44.3 Å². The van der Waals surface area contributed by atoms with E-state index in [0.717, 1.165) is 18.3 Å². The molecule has 182 valence electrons. The fourth-order valence-electron chi connectivity index (χ4n) is 4.42. The number of benzene rings is 1. The van der Waals surface area contributed by atoms with Crippen molar-refractivity contribution >= 4 is 37.0 Å². The molecule has 0 radical (unpaired) electrons. The first-order valence-electron chi connectivity index (χ1n) is 11.2. The van der Waals surface area contributed by atoms with E-state index in [1.807, 2.05) is 23.7 Å². The Balaban J connectivity index is 1.36. The van der Waals surface area contributed by atoms with Gasteiger partial charge in [-0.25, -0.2) is 22.5 Å². The fourth-order valence-corrected chi connectivity index (χ4v) is 6.05. The Morgan fingerprint density at radius 2 is 2.06 bits per heavy atom. The summed E-state index contributed by atoms with van der Waals surface area (Å²) in [6, 6.07) is 4.99. The van der Waals surface area contributed by atoms with Gasteiger partial charge in [-0.2, -0.15) is 4.31 Å². The Labute approximate surface area is 206 Å². The lowest BCUT2D eigenvalue weighted by Crippen LogP contribution is -2.53. The van der Waals surface area contributed by atoms with Gasteiger partial charge < -0.3 is 4.74 Å². The first-order valence-corrected chi connectivity index (χ1v) is 13.9. The molecule has 5 rings (SSSR count). The van der Waals surface area contributed by atoms with Crippen molar-refractivity contribution in [2.24, 2.45) is 5.92 Å². The summed E-state index contributed by atoms with van der Waals surface area (Å²) >= 11 is 3.59. The van der Waals surface area contributed by atoms with E-state index in [2.05, 4.69) is 36.1 Å². The lowest BCUT2D eigenvalue weighted by atomic mass is 10.2. The third kappa shape index (κ3) is 4.95. The molecule has 1 aliphatic heterocycles. The van der Waals surface area contributed by atoms with Gasteiger partial charge in [-0.3, -0.25) is 4.90 Å². The van der Waals surface area contributed by atoms with Crippen LogP contribution in [0.25, 0.3) is 11.0 Å². The van der Waals surface area contributed by atoms with Crippen molar-refractivity contribution < 1.29 is 17.5 Å². The molecule has 1 aromatic carbocycles. The van der Waals surface area contributed by atoms with Crippen molar-refractivity contribution in [3.8, 4) is 11.6 Å². The van der Waals surface area contributed by atoms with Crippen molar-refractivity contribution in [2.75, 3.05) is 25.9 Å². The smallest absolute Gasteiger partial charge is 0.223 e. The van der Waals surface area contributed by atoms with Crippen LogP contribution in [-0.4, -0.2) is 69.5 Å². The summed E-state index contributed by atoms with van der Waals surface area (Å²) in [5.74, 6) is 1.03. The van der Waals surface area contributed by atoms with Crippen LogP contribution >= 0.6 is 15.9 Å². The van der Waals surface area contributed by atoms with Gasteiger partial charge in [-0.15, -0.1) is 5.10 Å². The molecule has 1 aliphatic carbocycles. The number of pyridine rings is 1. The molecule has 0 unspecified atom stereocenters. The Morgan fingerprint density at radius 3 is 2.76 bits per heavy atom. The topological polar surface area (TPSA) is 93.4 Å². The molecule has 2 fully saturated rings. The van der Waals surface area contributed by atoms with Gasteiger partial charge in [0.15, 0.2) is 0 Å². The highest BCUT2D eigenvalue weighted by molar-refractivity contribution is 9.10. The van der Waals surface area contributed by atoms with Gasteiger partial charge in [0.2, 0.25) is 15.9 Å². The normalized spacial score (nSPS) is 20.2. The average Bonchev–Trinajstić information content (AvgIpc) is 3.49. The number of halogens is 2. The van der Waals surface area contributed by atoms with Crippen LogP contribution in [0.2, 0.25) is 0 Å². The Hall–Kier alpha value is -2.15. The number of aromatic nitrogens is 4. The first-order chi connectivity index (χ1) is 16.2. The summed E-state index contributed by atoms with van der Waals surface area (Å²) in [5, 5.41) is 8.59. The molecule has 2 aromatic heterocycles. The molecular formula is C22H26BrFN6O3S. The van der Waals surface area contributed by atoms with Crippen molar-refractivity contribution in [3.63, 3.8) is 0 Å². The first kappa shape index (κ1) is 23.6. The van der Waals surface area contributed by atoms with Gasteiger partial charge in [-0.05, 0) is 59.8 Å². The molecule has 1 atom stereocenters. The SMILES string of the molecule is C[C@@H]1CN(Cc2cc(F)cnc2Oc2ccc3c(nnn3CC3CC3)c2Br)CCN1S(C)(=O)=O. The minimum atomic E-state index is -3.26. The van der Waals surface area contributed by atoms with Crippen LogP contribution in [0, 0.1) is 11.7 Å². The number of hydrogen-bond acceptors (Lipinski definition) is 7. The molecule has 9 nitrogen and oxygen atoms in total. The Kier molecular flexibility index (Phi) is 6.34. The number of sulfonamides is 1. The minimum absolute atomic E-state index is 0.176. The van der Waals surface area contributed by atoms with E-state index in [9.17, 15) is 12.8 Å². The maximum absolute atomic E-state index is 14.1. The molecule has 0 spiro atoms. The highest BCUT2D eigenvalue weighted by atomic mass is 79.9. The molecule has 2 aliphatic rings. The van der Waals surface area contributed by atoms with Crippen LogP contribution in [-0.2, 0) is 23.1 Å². The van der Waals surface area contributed by atoms with Crippen LogP contribution in [0.4, 0.5) is 4.39 Å². The molecule has 34 heavy (non-hydrogen) atoms. The summed E-state index contributed by atoms with van der Waals surface area (Å²) in [5.41, 5.74) is 2.22. The highest BCUT2D eigenvalue weighted by Gasteiger charge is 2.30. The van der Waals surface area contributed by atoms with Crippen molar-refractivity contribution in [1.82, 2.24) is 29.2 Å². The monoisotopic (exact) mass is 552 g/mol. The van der Waals surface area contributed by atoms with Crippen LogP contribution in [0.5, 0.6) is 11.6 Å². The lowest BCUT2D eigenvalue weighted by Gasteiger charge is -2.38. The van der Waals surface area contributed by atoms with Crippen LogP contribution in [0.1, 0.15) is 25.3 Å². The van der Waals surface area contributed by atoms with Gasteiger partial charge in [0.05, 0.1) is 22.4 Å². The predicted octanol–water partition coefficient (Wildman–Crippen LogP) is 3.40. The number of nitrogens with zero attached hydrogens (tertiary/aromatic N) is 6. The number of fused-ring (bicyclic) bond motifs is 1. The summed E-state index contributed by atoms with van der Waals surface area (Å²) in [6.07, 6.45) is 4.80. The minimum Gasteiger partial charge on any atom is -0.437 e. The van der Waals surface area contributed by atoms with Crippen molar-refractivity contribution in [2.45, 2.75) is 38.9 Å². The second kappa shape index (κ2) is 9.14. The Morgan fingerprint density at radius 1 is 1.26 bits per heavy atom. The van der Waals surface area contributed by atoms with Gasteiger partial charge in [0.1, 0.15) is 17.1 Å². The molecule has 1 saturated carbocycles.